The summed E-state index contributed by atoms with van der Waals surface area (Å²) in [6.07, 6.45) is -4.51. The zero-order chi connectivity index (χ0) is 52.0. The molecule has 0 aromatic rings. The molecule has 380 valence electrons. The van der Waals surface area contributed by atoms with Gasteiger partial charge in [-0.3, -0.25) is 57.5 Å². The Morgan fingerprint density at radius 1 is 0.612 bits per heavy atom. The minimum Gasteiger partial charge on any atom is -0.481 e. The van der Waals surface area contributed by atoms with Crippen molar-refractivity contribution in [2.24, 2.45) is 17.4 Å². The van der Waals surface area contributed by atoms with Crippen LogP contribution < -0.4 is 48.7 Å². The fraction of sp³-hybridized carbons (Fsp3) is 0.692. The maximum absolute atomic E-state index is 13.6. The lowest BCUT2D eigenvalue weighted by Crippen LogP contribution is -2.62. The van der Waals surface area contributed by atoms with Gasteiger partial charge in [0, 0.05) is 26.3 Å². The lowest BCUT2D eigenvalue weighted by molar-refractivity contribution is -0.144. The number of likely N-dealkylation sites (tertiary alicyclic amines) is 1. The first-order valence-electron chi connectivity index (χ1n) is 21.0. The summed E-state index contributed by atoms with van der Waals surface area (Å²) in [6.45, 7) is 8.02. The van der Waals surface area contributed by atoms with Crippen LogP contribution in [0.1, 0.15) is 87.0 Å². The number of carbonyl (C=O) groups is 12. The Morgan fingerprint density at radius 3 is 1.52 bits per heavy atom. The SMILES string of the molecule is CC(=O)O.CC(NC(=O)C1CCCN1C(=O)C(C)NC(=O)C(NC(=O)C(CCC(N)=O)NC(=O)C(CO)NC(=O)C(NC(=O)C(CCC(=O)O)NC(=O)C(N)C(C)O)C(C)O)C(C)C)C(=O)O. The van der Waals surface area contributed by atoms with Gasteiger partial charge in [0.25, 0.3) is 5.97 Å². The highest BCUT2D eigenvalue weighted by Gasteiger charge is 2.39. The molecule has 0 spiro atoms. The van der Waals surface area contributed by atoms with Gasteiger partial charge in [0.2, 0.25) is 53.2 Å². The molecule has 11 atom stereocenters. The molecule has 0 radical (unpaired) electrons. The smallest absolute Gasteiger partial charge is 0.325 e. The molecule has 28 nitrogen and oxygen atoms in total. The predicted octanol–water partition coefficient (Wildman–Crippen LogP) is -6.55. The second-order valence-electron chi connectivity index (χ2n) is 16.0. The summed E-state index contributed by atoms with van der Waals surface area (Å²) in [7, 11) is 0. The maximum Gasteiger partial charge on any atom is 0.325 e. The normalized spacial score (nSPS) is 17.6. The first-order valence-corrected chi connectivity index (χ1v) is 21.0. The molecule has 1 aliphatic heterocycles. The largest absolute Gasteiger partial charge is 0.481 e. The van der Waals surface area contributed by atoms with Crippen LogP contribution in [0, 0.1) is 5.92 Å². The molecular weight excluding hydrogens is 896 g/mol. The lowest BCUT2D eigenvalue weighted by Gasteiger charge is -2.30. The number of rotatable bonds is 26. The highest BCUT2D eigenvalue weighted by molar-refractivity contribution is 5.98. The molecule has 17 N–H and O–H groups in total. The van der Waals surface area contributed by atoms with Gasteiger partial charge in [-0.05, 0) is 59.3 Å². The van der Waals surface area contributed by atoms with E-state index in [1.165, 1.54) is 25.7 Å². The van der Waals surface area contributed by atoms with Crippen molar-refractivity contribution in [1.82, 2.24) is 42.1 Å². The molecule has 0 aromatic heterocycles. The topological polar surface area (TPSA) is 466 Å². The Labute approximate surface area is 385 Å². The third-order valence-corrected chi connectivity index (χ3v) is 9.84. The van der Waals surface area contributed by atoms with Crippen molar-refractivity contribution in [3.05, 3.63) is 0 Å². The van der Waals surface area contributed by atoms with Gasteiger partial charge < -0.3 is 84.2 Å². The van der Waals surface area contributed by atoms with Crippen LogP contribution in [0.3, 0.4) is 0 Å². The molecule has 1 fully saturated rings. The minimum atomic E-state index is -1.89. The van der Waals surface area contributed by atoms with Crippen molar-refractivity contribution >= 4 is 71.1 Å². The van der Waals surface area contributed by atoms with Crippen molar-refractivity contribution in [3.63, 3.8) is 0 Å². The van der Waals surface area contributed by atoms with E-state index in [-0.39, 0.29) is 13.0 Å². The van der Waals surface area contributed by atoms with E-state index in [0.717, 1.165) is 13.8 Å². The minimum absolute atomic E-state index is 0.142. The monoisotopic (exact) mass is 962 g/mol. The Kier molecular flexibility index (Phi) is 26.3. The van der Waals surface area contributed by atoms with Crippen molar-refractivity contribution in [2.75, 3.05) is 13.2 Å². The molecule has 1 rings (SSSR count). The number of primary amides is 1. The van der Waals surface area contributed by atoms with Gasteiger partial charge >= 0.3 is 11.9 Å². The van der Waals surface area contributed by atoms with Gasteiger partial charge in [0.1, 0.15) is 54.4 Å². The fourth-order valence-electron chi connectivity index (χ4n) is 6.04. The number of aliphatic carboxylic acids is 3. The number of carboxylic acids is 3. The molecule has 1 heterocycles. The van der Waals surface area contributed by atoms with E-state index in [9.17, 15) is 68.1 Å². The summed E-state index contributed by atoms with van der Waals surface area (Å²) in [4.78, 5) is 150. The Balaban J connectivity index is 0.0000104. The average Bonchev–Trinajstić information content (AvgIpc) is 3.72. The number of hydrogen-bond donors (Lipinski definition) is 15. The van der Waals surface area contributed by atoms with E-state index < -0.39 is 176 Å². The Hall–Kier alpha value is -6.52. The Bertz CT molecular complexity index is 1790. The highest BCUT2D eigenvalue weighted by Crippen LogP contribution is 2.19. The van der Waals surface area contributed by atoms with Gasteiger partial charge in [-0.25, -0.2) is 0 Å². The molecule has 1 saturated heterocycles. The zero-order valence-electron chi connectivity index (χ0n) is 38.3. The number of amides is 9. The van der Waals surface area contributed by atoms with E-state index in [1.54, 1.807) is 13.8 Å². The molecule has 67 heavy (non-hydrogen) atoms. The van der Waals surface area contributed by atoms with Crippen LogP contribution in [-0.4, -0.2) is 186 Å². The summed E-state index contributed by atoms with van der Waals surface area (Å²) in [5.41, 5.74) is 10.9. The second kappa shape index (κ2) is 29.2. The average molecular weight is 963 g/mol. The molecule has 0 aliphatic carbocycles. The standard InChI is InChI=1S/C37H62N10O16.C2H4O2/c1-15(2)27(34(59)40-16(3)36(61)47-13-7-8-23(47)32(57)41-17(4)37(62)63)45-29(54)20(9-11-24(38)51)42-31(56)22(14-48)44-35(60)28(19(6)50)46-30(55)21(10-12-25(52)53)43-33(58)26(39)18(5)49;1-2(3)4/h15-23,26-28,48-50H,7-14,39H2,1-6H3,(H2,38,51)(H,40,59)(H,41,57)(H,42,56)(H,43,58)(H,44,60)(H,45,54)(H,46,55)(H,52,53)(H,62,63);1H3,(H,3,4). The van der Waals surface area contributed by atoms with E-state index in [1.807, 2.05) is 0 Å². The van der Waals surface area contributed by atoms with Crippen LogP contribution in [0.25, 0.3) is 0 Å². The highest BCUT2D eigenvalue weighted by atomic mass is 16.4. The van der Waals surface area contributed by atoms with Gasteiger partial charge in [0.05, 0.1) is 18.8 Å². The molecule has 0 bridgehead atoms. The van der Waals surface area contributed by atoms with Crippen molar-refractivity contribution in [2.45, 2.75) is 154 Å². The van der Waals surface area contributed by atoms with Gasteiger partial charge in [-0.15, -0.1) is 0 Å². The molecule has 1 aliphatic rings. The number of carbonyl (C=O) groups excluding carboxylic acids is 9. The third-order valence-electron chi connectivity index (χ3n) is 9.84. The van der Waals surface area contributed by atoms with Crippen molar-refractivity contribution in [3.8, 4) is 0 Å². The van der Waals surface area contributed by atoms with Crippen LogP contribution in [0.15, 0.2) is 0 Å². The van der Waals surface area contributed by atoms with E-state index >= 15 is 0 Å². The van der Waals surface area contributed by atoms with E-state index in [2.05, 4.69) is 37.2 Å². The molecule has 0 saturated carbocycles. The predicted molar refractivity (Wildman–Crippen MR) is 229 cm³/mol. The molecular formula is C39H66N10O18. The van der Waals surface area contributed by atoms with Gasteiger partial charge in [0.15, 0.2) is 0 Å². The summed E-state index contributed by atoms with van der Waals surface area (Å²) >= 11 is 0. The molecule has 11 unspecified atom stereocenters. The van der Waals surface area contributed by atoms with Crippen LogP contribution in [0.5, 0.6) is 0 Å². The first kappa shape index (κ1) is 60.5. The number of carboxylic acid groups (broad SMARTS) is 3. The number of aliphatic hydroxyl groups is 3. The van der Waals surface area contributed by atoms with Crippen molar-refractivity contribution in [1.29, 1.82) is 0 Å². The summed E-state index contributed by atoms with van der Waals surface area (Å²) in [6, 6.07) is -13.4. The lowest BCUT2D eigenvalue weighted by atomic mass is 10.0. The quantitative estimate of drug-likeness (QED) is 0.0383. The van der Waals surface area contributed by atoms with Gasteiger partial charge in [-0.2, -0.15) is 0 Å². The van der Waals surface area contributed by atoms with Gasteiger partial charge in [-0.1, -0.05) is 13.8 Å². The third kappa shape index (κ3) is 21.6. The summed E-state index contributed by atoms with van der Waals surface area (Å²) in [5, 5.41) is 71.7. The van der Waals surface area contributed by atoms with Crippen LogP contribution in [-0.2, 0) is 57.5 Å². The zero-order valence-corrected chi connectivity index (χ0v) is 38.3. The number of nitrogens with one attached hydrogen (secondary N) is 7. The molecule has 9 amide bonds. The van der Waals surface area contributed by atoms with Crippen LogP contribution in [0.4, 0.5) is 0 Å². The molecule has 0 aromatic carbocycles. The van der Waals surface area contributed by atoms with E-state index in [4.69, 9.17) is 31.6 Å². The second-order valence-corrected chi connectivity index (χ2v) is 16.0. The number of hydrogen-bond acceptors (Lipinski definition) is 16. The fourth-order valence-corrected chi connectivity index (χ4v) is 6.04. The maximum atomic E-state index is 13.6. The molecule has 28 heteroatoms. The summed E-state index contributed by atoms with van der Waals surface area (Å²) in [5.74, 6) is -13.0. The summed E-state index contributed by atoms with van der Waals surface area (Å²) < 4.78 is 0. The van der Waals surface area contributed by atoms with Crippen molar-refractivity contribution < 1.29 is 88.2 Å². The number of nitrogens with zero attached hydrogens (tertiary/aromatic N) is 1. The number of nitrogens with two attached hydrogens (primary N) is 2. The first-order chi connectivity index (χ1) is 31.0. The number of aliphatic hydroxyl groups excluding tert-OH is 3. The van der Waals surface area contributed by atoms with Crippen LogP contribution >= 0.6 is 0 Å². The van der Waals surface area contributed by atoms with E-state index in [0.29, 0.717) is 6.42 Å². The Morgan fingerprint density at radius 2 is 1.07 bits per heavy atom. The van der Waals surface area contributed by atoms with Crippen LogP contribution in [0.2, 0.25) is 0 Å².